The smallest absolute Gasteiger partial charge is 0.398 e. The van der Waals surface area contributed by atoms with Crippen LogP contribution in [0.5, 0.6) is 0 Å². The van der Waals surface area contributed by atoms with Crippen LogP contribution in [-0.2, 0) is 17.5 Å². The van der Waals surface area contributed by atoms with Gasteiger partial charge in [0.05, 0.1) is 24.8 Å². The maximum absolute atomic E-state index is 13.7. The second-order valence-electron chi connectivity index (χ2n) is 9.24. The fourth-order valence-corrected chi connectivity index (χ4v) is 5.38. The van der Waals surface area contributed by atoms with Crippen LogP contribution in [0.4, 0.5) is 18.9 Å². The summed E-state index contributed by atoms with van der Waals surface area (Å²) in [6.07, 6.45) is -2.66. The van der Waals surface area contributed by atoms with Gasteiger partial charge in [0.1, 0.15) is 0 Å². The summed E-state index contributed by atoms with van der Waals surface area (Å²) in [6.45, 7) is 4.08. The molecule has 1 saturated heterocycles. The van der Waals surface area contributed by atoms with Crippen LogP contribution in [0.1, 0.15) is 33.9 Å². The molecule has 0 saturated carbocycles. The van der Waals surface area contributed by atoms with Gasteiger partial charge >= 0.3 is 6.18 Å². The number of ether oxygens (including phenoxy) is 1. The Balaban J connectivity index is 1.58. The maximum atomic E-state index is 13.7. The Kier molecular flexibility index (Phi) is 7.41. The van der Waals surface area contributed by atoms with E-state index in [1.807, 2.05) is 47.4 Å². The molecule has 2 aliphatic rings. The normalized spacial score (nSPS) is 17.3. The molecule has 37 heavy (non-hydrogen) atoms. The van der Waals surface area contributed by atoms with Gasteiger partial charge in [-0.2, -0.15) is 13.2 Å². The molecule has 0 radical (unpaired) electrons. The number of nitrogens with zero attached hydrogens (tertiary/aromatic N) is 2. The Hall–Kier alpha value is -2.71. The Morgan fingerprint density at radius 2 is 1.70 bits per heavy atom. The molecular weight excluding hydrogens is 522 g/mol. The molecule has 2 heterocycles. The molecule has 1 atom stereocenters. The lowest BCUT2D eigenvalue weighted by Gasteiger charge is -2.38. The highest BCUT2D eigenvalue weighted by Crippen LogP contribution is 2.42. The fraction of sp³-hybridized carbons (Fsp3) is 0.286. The minimum absolute atomic E-state index is 0.324. The standard InChI is InChI=1S/C28H26Cl2F3N3O/c29-22-3-1-2-18(14-22)27(19-4-5-20(24(30)15-19)17-35-10-12-37-13-11-35)36-9-8-25(34)23-7-6-21(16-26(23)36)28(31,32)33/h1-8,14-16,27H,9-13,17,34H2. The van der Waals surface area contributed by atoms with Crippen molar-refractivity contribution in [1.82, 2.24) is 4.90 Å². The molecule has 0 spiro atoms. The summed E-state index contributed by atoms with van der Waals surface area (Å²) in [5.74, 6) is 0. The zero-order valence-electron chi connectivity index (χ0n) is 19.9. The predicted molar refractivity (Wildman–Crippen MR) is 142 cm³/mol. The van der Waals surface area contributed by atoms with Crippen molar-refractivity contribution in [3.8, 4) is 0 Å². The molecule has 2 aliphatic heterocycles. The zero-order valence-corrected chi connectivity index (χ0v) is 21.5. The molecule has 0 aliphatic carbocycles. The van der Waals surface area contributed by atoms with Gasteiger partial charge in [-0.25, -0.2) is 0 Å². The van der Waals surface area contributed by atoms with Gasteiger partial charge in [0, 0.05) is 53.2 Å². The first-order chi connectivity index (χ1) is 17.7. The summed E-state index contributed by atoms with van der Waals surface area (Å²) in [7, 11) is 0. The highest BCUT2D eigenvalue weighted by Gasteiger charge is 2.34. The minimum atomic E-state index is -4.48. The van der Waals surface area contributed by atoms with E-state index in [1.54, 1.807) is 6.07 Å². The quantitative estimate of drug-likeness (QED) is 0.383. The molecule has 3 aromatic rings. The summed E-state index contributed by atoms with van der Waals surface area (Å²) in [4.78, 5) is 4.20. The lowest BCUT2D eigenvalue weighted by Crippen LogP contribution is -2.35. The summed E-state index contributed by atoms with van der Waals surface area (Å²) in [6, 6.07) is 16.5. The zero-order chi connectivity index (χ0) is 26.2. The van der Waals surface area contributed by atoms with Gasteiger partial charge in [-0.1, -0.05) is 53.5 Å². The van der Waals surface area contributed by atoms with Crippen LogP contribution in [0.25, 0.3) is 5.70 Å². The Labute approximate surface area is 224 Å². The van der Waals surface area contributed by atoms with Gasteiger partial charge in [-0.15, -0.1) is 0 Å². The van der Waals surface area contributed by atoms with Crippen molar-refractivity contribution in [1.29, 1.82) is 0 Å². The molecule has 1 unspecified atom stereocenters. The van der Waals surface area contributed by atoms with E-state index < -0.39 is 17.8 Å². The van der Waals surface area contributed by atoms with Crippen LogP contribution in [-0.4, -0.2) is 37.7 Å². The summed E-state index contributed by atoms with van der Waals surface area (Å²) >= 11 is 13.1. The third-order valence-corrected chi connectivity index (χ3v) is 7.41. The number of hydrogen-bond acceptors (Lipinski definition) is 4. The van der Waals surface area contributed by atoms with Gasteiger partial charge in [-0.3, -0.25) is 4.90 Å². The molecule has 0 aromatic heterocycles. The molecule has 1 fully saturated rings. The number of hydrogen-bond donors (Lipinski definition) is 1. The average Bonchev–Trinajstić information content (AvgIpc) is 2.87. The van der Waals surface area contributed by atoms with Crippen molar-refractivity contribution in [2.45, 2.75) is 18.8 Å². The van der Waals surface area contributed by atoms with Gasteiger partial charge in [-0.05, 0) is 53.1 Å². The first-order valence-electron chi connectivity index (χ1n) is 12.0. The molecule has 194 valence electrons. The number of morpholine rings is 1. The average molecular weight is 548 g/mol. The SMILES string of the molecule is NC1=CCN(C(c2cccc(Cl)c2)c2ccc(CN3CCOCC3)c(Cl)c2)c2cc(C(F)(F)F)ccc21. The number of benzene rings is 3. The number of fused-ring (bicyclic) bond motifs is 1. The first-order valence-corrected chi connectivity index (χ1v) is 12.7. The summed E-state index contributed by atoms with van der Waals surface area (Å²) < 4.78 is 46.4. The topological polar surface area (TPSA) is 41.7 Å². The largest absolute Gasteiger partial charge is 0.416 e. The highest BCUT2D eigenvalue weighted by atomic mass is 35.5. The fourth-order valence-electron chi connectivity index (χ4n) is 4.93. The summed E-state index contributed by atoms with van der Waals surface area (Å²) in [5, 5.41) is 1.14. The van der Waals surface area contributed by atoms with E-state index in [2.05, 4.69) is 4.90 Å². The van der Waals surface area contributed by atoms with Crippen LogP contribution >= 0.6 is 23.2 Å². The van der Waals surface area contributed by atoms with Gasteiger partial charge < -0.3 is 15.4 Å². The monoisotopic (exact) mass is 547 g/mol. The van der Waals surface area contributed by atoms with Gasteiger partial charge in [0.15, 0.2) is 0 Å². The van der Waals surface area contributed by atoms with Gasteiger partial charge in [0.2, 0.25) is 0 Å². The van der Waals surface area contributed by atoms with E-state index in [-0.39, 0.29) is 0 Å². The molecular formula is C28H26Cl2F3N3O. The number of alkyl halides is 3. The third kappa shape index (κ3) is 5.60. The van der Waals surface area contributed by atoms with E-state index in [9.17, 15) is 13.2 Å². The molecule has 2 N–H and O–H groups in total. The lowest BCUT2D eigenvalue weighted by atomic mass is 9.92. The highest BCUT2D eigenvalue weighted by molar-refractivity contribution is 6.31. The van der Waals surface area contributed by atoms with Crippen LogP contribution in [0, 0.1) is 0 Å². The molecule has 4 nitrogen and oxygen atoms in total. The van der Waals surface area contributed by atoms with Crippen LogP contribution in [0.2, 0.25) is 10.0 Å². The third-order valence-electron chi connectivity index (χ3n) is 6.82. The minimum Gasteiger partial charge on any atom is -0.398 e. The van der Waals surface area contributed by atoms with E-state index in [1.165, 1.54) is 12.1 Å². The van der Waals surface area contributed by atoms with Crippen LogP contribution < -0.4 is 10.6 Å². The van der Waals surface area contributed by atoms with Gasteiger partial charge in [0.25, 0.3) is 0 Å². The Morgan fingerprint density at radius 1 is 0.946 bits per heavy atom. The van der Waals surface area contributed by atoms with E-state index >= 15 is 0 Å². The van der Waals surface area contributed by atoms with Crippen molar-refractivity contribution >= 4 is 34.6 Å². The lowest BCUT2D eigenvalue weighted by molar-refractivity contribution is -0.137. The molecule has 0 amide bonds. The second-order valence-corrected chi connectivity index (χ2v) is 10.1. The van der Waals surface area contributed by atoms with Crippen LogP contribution in [0.15, 0.2) is 66.7 Å². The molecule has 9 heteroatoms. The molecule has 3 aromatic carbocycles. The van der Waals surface area contributed by atoms with Crippen molar-refractivity contribution in [3.05, 3.63) is 105 Å². The van der Waals surface area contributed by atoms with E-state index in [4.69, 9.17) is 33.7 Å². The predicted octanol–water partition coefficient (Wildman–Crippen LogP) is 6.75. The second kappa shape index (κ2) is 10.6. The number of rotatable bonds is 5. The Morgan fingerprint density at radius 3 is 2.41 bits per heavy atom. The summed E-state index contributed by atoms with van der Waals surface area (Å²) in [5.41, 5.74) is 9.55. The Bertz CT molecular complexity index is 1320. The van der Waals surface area contributed by atoms with Crippen molar-refractivity contribution < 1.29 is 17.9 Å². The van der Waals surface area contributed by atoms with Crippen molar-refractivity contribution in [2.75, 3.05) is 37.7 Å². The number of nitrogens with two attached hydrogens (primary N) is 1. The maximum Gasteiger partial charge on any atom is 0.416 e. The number of anilines is 1. The van der Waals surface area contributed by atoms with E-state index in [0.29, 0.717) is 53.3 Å². The van der Waals surface area contributed by atoms with Crippen molar-refractivity contribution in [3.63, 3.8) is 0 Å². The molecule has 0 bridgehead atoms. The van der Waals surface area contributed by atoms with Crippen LogP contribution in [0.3, 0.4) is 0 Å². The molecule has 5 rings (SSSR count). The van der Waals surface area contributed by atoms with E-state index in [0.717, 1.165) is 35.8 Å². The van der Waals surface area contributed by atoms with Crippen molar-refractivity contribution in [2.24, 2.45) is 5.73 Å². The number of halogens is 5. The first kappa shape index (κ1) is 25.9.